The van der Waals surface area contributed by atoms with E-state index in [1.54, 1.807) is 30.5 Å². The SMILES string of the molecule is NC(=O)c1cccnc1-c1ccc(Br)cc1N. The predicted molar refractivity (Wildman–Crippen MR) is 70.3 cm³/mol. The molecular weight excluding hydrogens is 282 g/mol. The molecule has 4 nitrogen and oxygen atoms in total. The highest BCUT2D eigenvalue weighted by Gasteiger charge is 2.13. The van der Waals surface area contributed by atoms with Crippen molar-refractivity contribution >= 4 is 27.5 Å². The van der Waals surface area contributed by atoms with Gasteiger partial charge in [-0.3, -0.25) is 9.78 Å². The summed E-state index contributed by atoms with van der Waals surface area (Å²) in [6.45, 7) is 0. The molecule has 0 aliphatic rings. The van der Waals surface area contributed by atoms with Crippen molar-refractivity contribution in [2.75, 3.05) is 5.73 Å². The van der Waals surface area contributed by atoms with E-state index in [1.165, 1.54) is 0 Å². The molecule has 2 rings (SSSR count). The van der Waals surface area contributed by atoms with Gasteiger partial charge in [-0.1, -0.05) is 15.9 Å². The number of halogens is 1. The fraction of sp³-hybridized carbons (Fsp3) is 0. The second-order valence-electron chi connectivity index (χ2n) is 3.50. The lowest BCUT2D eigenvalue weighted by atomic mass is 10.0. The summed E-state index contributed by atoms with van der Waals surface area (Å²) in [6, 6.07) is 8.69. The molecule has 2 aromatic rings. The molecule has 1 heterocycles. The van der Waals surface area contributed by atoms with Crippen molar-refractivity contribution in [3.8, 4) is 11.3 Å². The first-order valence-corrected chi connectivity index (χ1v) is 5.69. The van der Waals surface area contributed by atoms with Crippen LogP contribution in [0.4, 0.5) is 5.69 Å². The lowest BCUT2D eigenvalue weighted by Gasteiger charge is -2.08. The van der Waals surface area contributed by atoms with Crippen molar-refractivity contribution in [2.24, 2.45) is 5.73 Å². The van der Waals surface area contributed by atoms with Gasteiger partial charge in [-0.15, -0.1) is 0 Å². The highest BCUT2D eigenvalue weighted by Crippen LogP contribution is 2.29. The monoisotopic (exact) mass is 291 g/mol. The van der Waals surface area contributed by atoms with Crippen molar-refractivity contribution in [2.45, 2.75) is 0 Å². The van der Waals surface area contributed by atoms with Gasteiger partial charge < -0.3 is 11.5 Å². The summed E-state index contributed by atoms with van der Waals surface area (Å²) < 4.78 is 0.871. The number of rotatable bonds is 2. The van der Waals surface area contributed by atoms with Crippen molar-refractivity contribution in [1.29, 1.82) is 0 Å². The second-order valence-corrected chi connectivity index (χ2v) is 4.41. The predicted octanol–water partition coefficient (Wildman–Crippen LogP) is 2.19. The molecule has 0 saturated heterocycles. The fourth-order valence-corrected chi connectivity index (χ4v) is 1.95. The third-order valence-electron chi connectivity index (χ3n) is 2.34. The maximum Gasteiger partial charge on any atom is 0.250 e. The van der Waals surface area contributed by atoms with E-state index in [9.17, 15) is 4.79 Å². The van der Waals surface area contributed by atoms with Gasteiger partial charge in [0.15, 0.2) is 0 Å². The van der Waals surface area contributed by atoms with E-state index in [4.69, 9.17) is 11.5 Å². The molecule has 0 atom stereocenters. The number of aromatic nitrogens is 1. The minimum absolute atomic E-state index is 0.363. The Morgan fingerprint density at radius 3 is 2.71 bits per heavy atom. The lowest BCUT2D eigenvalue weighted by Crippen LogP contribution is -2.13. The topological polar surface area (TPSA) is 82.0 Å². The average Bonchev–Trinajstić information content (AvgIpc) is 2.29. The Hall–Kier alpha value is -1.88. The standard InChI is InChI=1S/C12H10BrN3O/c13-7-3-4-8(10(14)6-7)11-9(12(15)17)2-1-5-16-11/h1-6H,14H2,(H2,15,17). The number of nitrogens with zero attached hydrogens (tertiary/aromatic N) is 1. The zero-order chi connectivity index (χ0) is 12.4. The Balaban J connectivity index is 2.64. The molecule has 0 radical (unpaired) electrons. The van der Waals surface area contributed by atoms with Crippen LogP contribution in [0.5, 0.6) is 0 Å². The van der Waals surface area contributed by atoms with Crippen LogP contribution in [0.2, 0.25) is 0 Å². The molecule has 4 N–H and O–H groups in total. The van der Waals surface area contributed by atoms with Crippen LogP contribution in [0.25, 0.3) is 11.3 Å². The normalized spacial score (nSPS) is 10.2. The smallest absolute Gasteiger partial charge is 0.250 e. The Bertz CT molecular complexity index is 584. The summed E-state index contributed by atoms with van der Waals surface area (Å²) in [4.78, 5) is 15.5. The Labute approximate surface area is 107 Å². The molecule has 0 unspecified atom stereocenters. The number of carbonyl (C=O) groups excluding carboxylic acids is 1. The van der Waals surface area contributed by atoms with Crippen LogP contribution in [-0.4, -0.2) is 10.9 Å². The van der Waals surface area contributed by atoms with Crippen LogP contribution in [0.3, 0.4) is 0 Å². The maximum absolute atomic E-state index is 11.3. The summed E-state index contributed by atoms with van der Waals surface area (Å²) in [5.41, 5.74) is 13.3. The molecule has 0 aliphatic carbocycles. The summed E-state index contributed by atoms with van der Waals surface area (Å²) in [5, 5.41) is 0. The van der Waals surface area contributed by atoms with Crippen LogP contribution in [0, 0.1) is 0 Å². The number of amides is 1. The molecule has 0 saturated carbocycles. The minimum Gasteiger partial charge on any atom is -0.398 e. The highest BCUT2D eigenvalue weighted by atomic mass is 79.9. The molecular formula is C12H10BrN3O. The van der Waals surface area contributed by atoms with Crippen molar-refractivity contribution in [1.82, 2.24) is 4.98 Å². The summed E-state index contributed by atoms with van der Waals surface area (Å²) in [7, 11) is 0. The first-order chi connectivity index (χ1) is 8.09. The summed E-state index contributed by atoms with van der Waals surface area (Å²) >= 11 is 3.32. The van der Waals surface area contributed by atoms with Gasteiger partial charge in [0.25, 0.3) is 5.91 Å². The second kappa shape index (κ2) is 4.55. The Kier molecular flexibility index (Phi) is 3.10. The van der Waals surface area contributed by atoms with Crippen molar-refractivity contribution in [3.05, 3.63) is 46.6 Å². The van der Waals surface area contributed by atoms with E-state index in [2.05, 4.69) is 20.9 Å². The molecule has 1 aromatic heterocycles. The van der Waals surface area contributed by atoms with Gasteiger partial charge in [0, 0.05) is 21.9 Å². The highest BCUT2D eigenvalue weighted by molar-refractivity contribution is 9.10. The quantitative estimate of drug-likeness (QED) is 0.832. The molecule has 5 heteroatoms. The van der Waals surface area contributed by atoms with Crippen molar-refractivity contribution in [3.63, 3.8) is 0 Å². The first kappa shape index (κ1) is 11.6. The van der Waals surface area contributed by atoms with Gasteiger partial charge in [0.05, 0.1) is 11.3 Å². The number of anilines is 1. The molecule has 0 bridgehead atoms. The summed E-state index contributed by atoms with van der Waals surface area (Å²) in [5.74, 6) is -0.518. The van der Waals surface area contributed by atoms with Gasteiger partial charge in [0.2, 0.25) is 0 Å². The van der Waals surface area contributed by atoms with Crippen molar-refractivity contribution < 1.29 is 4.79 Å². The van der Waals surface area contributed by atoms with Gasteiger partial charge in [-0.2, -0.15) is 0 Å². The average molecular weight is 292 g/mol. The first-order valence-electron chi connectivity index (χ1n) is 4.90. The zero-order valence-corrected chi connectivity index (χ0v) is 10.4. The number of hydrogen-bond donors (Lipinski definition) is 2. The fourth-order valence-electron chi connectivity index (χ4n) is 1.57. The van der Waals surface area contributed by atoms with Gasteiger partial charge in [-0.05, 0) is 30.3 Å². The molecule has 1 aromatic carbocycles. The van der Waals surface area contributed by atoms with E-state index >= 15 is 0 Å². The zero-order valence-electron chi connectivity index (χ0n) is 8.85. The van der Waals surface area contributed by atoms with E-state index < -0.39 is 5.91 Å². The van der Waals surface area contributed by atoms with E-state index in [1.807, 2.05) is 6.07 Å². The van der Waals surface area contributed by atoms with E-state index in [-0.39, 0.29) is 0 Å². The lowest BCUT2D eigenvalue weighted by molar-refractivity contribution is 0.100. The van der Waals surface area contributed by atoms with E-state index in [0.717, 1.165) is 4.47 Å². The van der Waals surface area contributed by atoms with Crippen LogP contribution >= 0.6 is 15.9 Å². The minimum atomic E-state index is -0.518. The molecule has 0 fully saturated rings. The van der Waals surface area contributed by atoms with Gasteiger partial charge in [0.1, 0.15) is 0 Å². The number of pyridine rings is 1. The number of primary amides is 1. The maximum atomic E-state index is 11.3. The molecule has 1 amide bonds. The van der Waals surface area contributed by atoms with Crippen LogP contribution in [0.15, 0.2) is 41.0 Å². The Morgan fingerprint density at radius 1 is 1.29 bits per heavy atom. The summed E-state index contributed by atoms with van der Waals surface area (Å²) in [6.07, 6.45) is 1.60. The van der Waals surface area contributed by atoms with E-state index in [0.29, 0.717) is 22.5 Å². The number of hydrogen-bond acceptors (Lipinski definition) is 3. The molecule has 17 heavy (non-hydrogen) atoms. The number of nitrogens with two attached hydrogens (primary N) is 2. The van der Waals surface area contributed by atoms with Gasteiger partial charge >= 0.3 is 0 Å². The number of carbonyl (C=O) groups is 1. The van der Waals surface area contributed by atoms with Crippen LogP contribution < -0.4 is 11.5 Å². The third kappa shape index (κ3) is 2.29. The van der Waals surface area contributed by atoms with Crippen LogP contribution in [-0.2, 0) is 0 Å². The largest absolute Gasteiger partial charge is 0.398 e. The molecule has 86 valence electrons. The Morgan fingerprint density at radius 2 is 2.06 bits per heavy atom. The van der Waals surface area contributed by atoms with Crippen LogP contribution in [0.1, 0.15) is 10.4 Å². The van der Waals surface area contributed by atoms with Gasteiger partial charge in [-0.25, -0.2) is 0 Å². The number of nitrogen functional groups attached to an aromatic ring is 1. The third-order valence-corrected chi connectivity index (χ3v) is 2.84. The molecule has 0 aliphatic heterocycles. The number of benzene rings is 1. The molecule has 0 spiro atoms.